The Morgan fingerprint density at radius 1 is 0.943 bits per heavy atom. The van der Waals surface area contributed by atoms with Gasteiger partial charge in [0.2, 0.25) is 0 Å². The lowest BCUT2D eigenvalue weighted by molar-refractivity contribution is 0.0313. The molecule has 2 aliphatic rings. The predicted octanol–water partition coefficient (Wildman–Crippen LogP) is 4.63. The molecule has 3 heterocycles. The number of hydrogen-bond donors (Lipinski definition) is 0. The molecule has 0 spiro atoms. The summed E-state index contributed by atoms with van der Waals surface area (Å²) < 4.78 is 17.4. The van der Waals surface area contributed by atoms with Crippen molar-refractivity contribution in [3.8, 4) is 5.75 Å². The molecule has 7 heteroatoms. The fourth-order valence-corrected chi connectivity index (χ4v) is 4.89. The van der Waals surface area contributed by atoms with Crippen LogP contribution in [0.3, 0.4) is 0 Å². The zero-order valence-corrected chi connectivity index (χ0v) is 20.9. The largest absolute Gasteiger partial charge is 0.497 e. The van der Waals surface area contributed by atoms with Gasteiger partial charge in [0.1, 0.15) is 11.5 Å². The van der Waals surface area contributed by atoms with Crippen LogP contribution in [0, 0.1) is 6.92 Å². The van der Waals surface area contributed by atoms with Gasteiger partial charge < -0.3 is 23.7 Å². The van der Waals surface area contributed by atoms with Gasteiger partial charge in [-0.2, -0.15) is 4.98 Å². The summed E-state index contributed by atoms with van der Waals surface area (Å²) in [6, 6.07) is 17.8. The minimum absolute atomic E-state index is 0.667. The van der Waals surface area contributed by atoms with Crippen molar-refractivity contribution in [2.24, 2.45) is 0 Å². The van der Waals surface area contributed by atoms with E-state index in [2.05, 4.69) is 51.1 Å². The molecular weight excluding hydrogens is 440 g/mol. The third-order valence-corrected chi connectivity index (χ3v) is 6.89. The summed E-state index contributed by atoms with van der Waals surface area (Å²) >= 11 is 0. The molecular formula is C28H36N4O3. The molecule has 3 aromatic rings. The van der Waals surface area contributed by atoms with Crippen LogP contribution in [0.4, 0.5) is 11.7 Å². The van der Waals surface area contributed by atoms with E-state index in [1.165, 1.54) is 24.1 Å². The molecule has 7 nitrogen and oxygen atoms in total. The number of ether oxygens (including phenoxy) is 2. The number of morpholine rings is 1. The summed E-state index contributed by atoms with van der Waals surface area (Å²) in [6.07, 6.45) is 2.54. The van der Waals surface area contributed by atoms with Crippen LogP contribution in [0.15, 0.2) is 52.9 Å². The maximum Gasteiger partial charge on any atom is 0.298 e. The first-order chi connectivity index (χ1) is 17.2. The van der Waals surface area contributed by atoms with Gasteiger partial charge in [-0.3, -0.25) is 4.90 Å². The van der Waals surface area contributed by atoms with Gasteiger partial charge in [0, 0.05) is 45.0 Å². The van der Waals surface area contributed by atoms with Crippen molar-refractivity contribution in [1.29, 1.82) is 0 Å². The fraction of sp³-hybridized carbons (Fsp3) is 0.464. The highest BCUT2D eigenvalue weighted by molar-refractivity contribution is 5.50. The fourth-order valence-electron chi connectivity index (χ4n) is 4.89. The minimum atomic E-state index is 0.667. The van der Waals surface area contributed by atoms with Gasteiger partial charge in [-0.1, -0.05) is 24.3 Å². The number of nitrogens with zero attached hydrogens (tertiary/aromatic N) is 4. The molecule has 0 bridgehead atoms. The van der Waals surface area contributed by atoms with E-state index in [0.717, 1.165) is 75.2 Å². The van der Waals surface area contributed by atoms with Gasteiger partial charge in [0.05, 0.1) is 32.6 Å². The van der Waals surface area contributed by atoms with Crippen molar-refractivity contribution in [2.45, 2.75) is 39.4 Å². The molecule has 2 aromatic carbocycles. The quantitative estimate of drug-likeness (QED) is 0.446. The maximum atomic E-state index is 6.40. The third-order valence-electron chi connectivity index (χ3n) is 6.89. The van der Waals surface area contributed by atoms with Crippen LogP contribution in [0.5, 0.6) is 5.75 Å². The smallest absolute Gasteiger partial charge is 0.298 e. The van der Waals surface area contributed by atoms with Gasteiger partial charge in [0.25, 0.3) is 6.01 Å². The van der Waals surface area contributed by atoms with Gasteiger partial charge in [0.15, 0.2) is 0 Å². The number of aryl methyl sites for hydroxylation is 1. The van der Waals surface area contributed by atoms with E-state index in [1.807, 2.05) is 19.1 Å². The Labute approximate surface area is 208 Å². The van der Waals surface area contributed by atoms with Crippen molar-refractivity contribution in [3.63, 3.8) is 0 Å². The molecule has 0 aliphatic carbocycles. The summed E-state index contributed by atoms with van der Waals surface area (Å²) in [5, 5.41) is 0. The number of benzene rings is 2. The molecule has 0 amide bonds. The Bertz CT molecular complexity index is 1100. The van der Waals surface area contributed by atoms with Crippen LogP contribution in [0.25, 0.3) is 0 Å². The number of anilines is 2. The van der Waals surface area contributed by atoms with Gasteiger partial charge in [-0.25, -0.2) is 0 Å². The number of aromatic nitrogens is 1. The Morgan fingerprint density at radius 2 is 1.66 bits per heavy atom. The minimum Gasteiger partial charge on any atom is -0.497 e. The lowest BCUT2D eigenvalue weighted by Crippen LogP contribution is -2.35. The van der Waals surface area contributed by atoms with E-state index in [0.29, 0.717) is 12.6 Å². The normalized spacial score (nSPS) is 16.6. The Kier molecular flexibility index (Phi) is 7.54. The molecule has 0 radical (unpaired) electrons. The molecule has 35 heavy (non-hydrogen) atoms. The van der Waals surface area contributed by atoms with E-state index in [4.69, 9.17) is 18.9 Å². The molecule has 5 rings (SSSR count). The number of rotatable bonds is 9. The van der Waals surface area contributed by atoms with Crippen molar-refractivity contribution < 1.29 is 13.9 Å². The first-order valence-electron chi connectivity index (χ1n) is 12.7. The predicted molar refractivity (Wildman–Crippen MR) is 138 cm³/mol. The van der Waals surface area contributed by atoms with Crippen molar-refractivity contribution in [2.75, 3.05) is 56.3 Å². The average molecular weight is 477 g/mol. The molecule has 1 aromatic heterocycles. The van der Waals surface area contributed by atoms with E-state index >= 15 is 0 Å². The van der Waals surface area contributed by atoms with Crippen LogP contribution in [0.1, 0.15) is 35.4 Å². The van der Waals surface area contributed by atoms with E-state index in [9.17, 15) is 0 Å². The number of oxazole rings is 1. The van der Waals surface area contributed by atoms with Gasteiger partial charge in [-0.05, 0) is 55.2 Å². The topological polar surface area (TPSA) is 54.2 Å². The first kappa shape index (κ1) is 23.7. The zero-order valence-electron chi connectivity index (χ0n) is 20.9. The summed E-state index contributed by atoms with van der Waals surface area (Å²) in [6.45, 7) is 9.88. The number of hydrogen-bond acceptors (Lipinski definition) is 7. The molecule has 2 aliphatic heterocycles. The Hall–Kier alpha value is -3.03. The second-order valence-electron chi connectivity index (χ2n) is 9.47. The van der Waals surface area contributed by atoms with Crippen molar-refractivity contribution in [1.82, 2.24) is 9.88 Å². The second-order valence-corrected chi connectivity index (χ2v) is 9.47. The molecule has 0 saturated carbocycles. The van der Waals surface area contributed by atoms with Crippen LogP contribution >= 0.6 is 0 Å². The molecule has 0 N–H and O–H groups in total. The SMILES string of the molecule is COc1cccc(CN(Cc2cccc(N3CCCC3)c2)c2nc(C)c(CN3CCOCC3)o2)c1. The lowest BCUT2D eigenvalue weighted by Gasteiger charge is -2.25. The van der Waals surface area contributed by atoms with E-state index in [-0.39, 0.29) is 0 Å². The number of methoxy groups -OCH3 is 1. The highest BCUT2D eigenvalue weighted by Crippen LogP contribution is 2.27. The van der Waals surface area contributed by atoms with Crippen LogP contribution in [-0.2, 0) is 24.4 Å². The van der Waals surface area contributed by atoms with Gasteiger partial charge >= 0.3 is 0 Å². The summed E-state index contributed by atoms with van der Waals surface area (Å²) in [7, 11) is 1.70. The summed E-state index contributed by atoms with van der Waals surface area (Å²) in [5.74, 6) is 1.79. The van der Waals surface area contributed by atoms with Crippen LogP contribution in [-0.4, -0.2) is 56.4 Å². The monoisotopic (exact) mass is 476 g/mol. The van der Waals surface area contributed by atoms with E-state index in [1.54, 1.807) is 7.11 Å². The van der Waals surface area contributed by atoms with Gasteiger partial charge in [-0.15, -0.1) is 0 Å². The molecule has 0 unspecified atom stereocenters. The Morgan fingerprint density at radius 3 is 2.40 bits per heavy atom. The Balaban J connectivity index is 1.40. The average Bonchev–Trinajstić information content (AvgIpc) is 3.55. The third kappa shape index (κ3) is 5.97. The van der Waals surface area contributed by atoms with Crippen molar-refractivity contribution in [3.05, 3.63) is 71.1 Å². The zero-order chi connectivity index (χ0) is 24.0. The highest BCUT2D eigenvalue weighted by atomic mass is 16.5. The molecule has 2 saturated heterocycles. The standard InChI is InChI=1S/C28H36N4O3/c1-22-27(21-30-13-15-34-16-14-30)35-28(29-22)32(20-24-8-6-10-26(18-24)33-2)19-23-7-5-9-25(17-23)31-11-3-4-12-31/h5-10,17-18H,3-4,11-16,19-21H2,1-2H3. The second kappa shape index (κ2) is 11.1. The van der Waals surface area contributed by atoms with E-state index < -0.39 is 0 Å². The first-order valence-corrected chi connectivity index (χ1v) is 12.7. The summed E-state index contributed by atoms with van der Waals surface area (Å²) in [5.41, 5.74) is 4.67. The molecule has 0 atom stereocenters. The van der Waals surface area contributed by atoms with Crippen LogP contribution < -0.4 is 14.5 Å². The van der Waals surface area contributed by atoms with Crippen LogP contribution in [0.2, 0.25) is 0 Å². The molecule has 2 fully saturated rings. The highest BCUT2D eigenvalue weighted by Gasteiger charge is 2.21. The van der Waals surface area contributed by atoms with Crippen molar-refractivity contribution >= 4 is 11.7 Å². The lowest BCUT2D eigenvalue weighted by atomic mass is 10.1. The molecule has 186 valence electrons. The summed E-state index contributed by atoms with van der Waals surface area (Å²) in [4.78, 5) is 11.9. The maximum absolute atomic E-state index is 6.40.